The van der Waals surface area contributed by atoms with Gasteiger partial charge in [0.25, 0.3) is 0 Å². The summed E-state index contributed by atoms with van der Waals surface area (Å²) in [5.41, 5.74) is 0. The Labute approximate surface area is 128 Å². The number of nitrogens with zero attached hydrogens (tertiary/aromatic N) is 1. The zero-order valence-corrected chi connectivity index (χ0v) is 13.6. The predicted octanol–water partition coefficient (Wildman–Crippen LogP) is 1.88. The number of methoxy groups -OCH3 is 1. The number of sulfonamides is 1. The average Bonchev–Trinajstić information content (AvgIpc) is 3.14. The van der Waals surface area contributed by atoms with E-state index >= 15 is 0 Å². The van der Waals surface area contributed by atoms with Crippen LogP contribution in [0.25, 0.3) is 0 Å². The molecular formula is C13H19NO5S2. The van der Waals surface area contributed by atoms with Crippen molar-refractivity contribution < 1.29 is 23.1 Å². The lowest BCUT2D eigenvalue weighted by Gasteiger charge is -2.27. The van der Waals surface area contributed by atoms with Crippen LogP contribution in [-0.4, -0.2) is 50.1 Å². The maximum absolute atomic E-state index is 12.7. The fourth-order valence-electron chi connectivity index (χ4n) is 2.24. The largest absolute Gasteiger partial charge is 0.477 e. The molecule has 118 valence electrons. The first-order valence-corrected chi connectivity index (χ1v) is 9.02. The second kappa shape index (κ2) is 6.43. The lowest BCUT2D eigenvalue weighted by atomic mass is 10.2. The molecule has 1 aliphatic carbocycles. The summed E-state index contributed by atoms with van der Waals surface area (Å²) in [4.78, 5) is 11.0. The van der Waals surface area contributed by atoms with Crippen LogP contribution in [0.1, 0.15) is 29.4 Å². The first-order valence-electron chi connectivity index (χ1n) is 6.70. The van der Waals surface area contributed by atoms with E-state index in [2.05, 4.69) is 0 Å². The van der Waals surface area contributed by atoms with Crippen molar-refractivity contribution in [3.8, 4) is 0 Å². The van der Waals surface area contributed by atoms with Gasteiger partial charge in [-0.1, -0.05) is 0 Å². The van der Waals surface area contributed by atoms with Crippen molar-refractivity contribution in [1.29, 1.82) is 0 Å². The summed E-state index contributed by atoms with van der Waals surface area (Å²) in [6.45, 7) is 2.48. The van der Waals surface area contributed by atoms with E-state index in [1.165, 1.54) is 22.9 Å². The normalized spacial score (nSPS) is 17.1. The van der Waals surface area contributed by atoms with Gasteiger partial charge >= 0.3 is 5.97 Å². The molecule has 1 atom stereocenters. The molecule has 0 radical (unpaired) electrons. The number of thiophene rings is 1. The molecule has 0 aromatic carbocycles. The van der Waals surface area contributed by atoms with Gasteiger partial charge in [0.15, 0.2) is 0 Å². The molecule has 1 unspecified atom stereocenters. The Morgan fingerprint density at radius 3 is 2.71 bits per heavy atom. The number of carbonyl (C=O) groups is 1. The van der Waals surface area contributed by atoms with Gasteiger partial charge in [0, 0.05) is 25.1 Å². The molecule has 1 aliphatic rings. The van der Waals surface area contributed by atoms with E-state index in [1.807, 2.05) is 6.92 Å². The average molecular weight is 333 g/mol. The zero-order chi connectivity index (χ0) is 15.6. The minimum Gasteiger partial charge on any atom is -0.477 e. The van der Waals surface area contributed by atoms with Crippen molar-refractivity contribution >= 4 is 27.3 Å². The third-order valence-corrected chi connectivity index (χ3v) is 6.70. The summed E-state index contributed by atoms with van der Waals surface area (Å²) in [5.74, 6) is -0.727. The van der Waals surface area contributed by atoms with Crippen molar-refractivity contribution in [2.24, 2.45) is 5.92 Å². The van der Waals surface area contributed by atoms with Gasteiger partial charge in [0.2, 0.25) is 10.0 Å². The summed E-state index contributed by atoms with van der Waals surface area (Å²) in [5, 5.41) is 10.3. The fourth-order valence-corrected chi connectivity index (χ4v) is 5.01. The number of ether oxygens (including phenoxy) is 1. The van der Waals surface area contributed by atoms with Crippen LogP contribution in [0.15, 0.2) is 16.3 Å². The molecule has 1 fully saturated rings. The molecule has 0 saturated heterocycles. The molecule has 1 aromatic rings. The second-order valence-electron chi connectivity index (χ2n) is 5.14. The van der Waals surface area contributed by atoms with Crippen LogP contribution in [0.2, 0.25) is 0 Å². The quantitative estimate of drug-likeness (QED) is 0.785. The van der Waals surface area contributed by atoms with Gasteiger partial charge in [-0.3, -0.25) is 0 Å². The van der Waals surface area contributed by atoms with Crippen LogP contribution in [0.3, 0.4) is 0 Å². The summed E-state index contributed by atoms with van der Waals surface area (Å²) >= 11 is 0.925. The van der Waals surface area contributed by atoms with Gasteiger partial charge in [0.05, 0.1) is 11.5 Å². The van der Waals surface area contributed by atoms with Crippen molar-refractivity contribution in [1.82, 2.24) is 4.31 Å². The topological polar surface area (TPSA) is 83.9 Å². The van der Waals surface area contributed by atoms with E-state index in [0.29, 0.717) is 12.5 Å². The standard InChI is InChI=1S/C13H19NO5S2/c1-9(10-3-4-10)14(5-6-19-2)21(17,18)11-7-12(13(15)16)20-8-11/h7-10H,3-6H2,1-2H3,(H,15,16). The van der Waals surface area contributed by atoms with Gasteiger partial charge in [-0.25, -0.2) is 13.2 Å². The number of carboxylic acid groups (broad SMARTS) is 1. The van der Waals surface area contributed by atoms with Crippen molar-refractivity contribution in [3.63, 3.8) is 0 Å². The maximum Gasteiger partial charge on any atom is 0.345 e. The Kier molecular flexibility index (Phi) is 5.03. The lowest BCUT2D eigenvalue weighted by molar-refractivity contribution is 0.0702. The first kappa shape index (κ1) is 16.4. The van der Waals surface area contributed by atoms with Crippen molar-refractivity contribution in [2.45, 2.75) is 30.7 Å². The molecule has 0 aliphatic heterocycles. The fraction of sp³-hybridized carbons (Fsp3) is 0.615. The SMILES string of the molecule is COCCN(C(C)C1CC1)S(=O)(=O)c1csc(C(=O)O)c1. The Balaban J connectivity index is 2.28. The molecule has 6 nitrogen and oxygen atoms in total. The van der Waals surface area contributed by atoms with Crippen LogP contribution in [0, 0.1) is 5.92 Å². The third kappa shape index (κ3) is 3.63. The van der Waals surface area contributed by atoms with Crippen LogP contribution in [0.4, 0.5) is 0 Å². The van der Waals surface area contributed by atoms with Gasteiger partial charge < -0.3 is 9.84 Å². The molecule has 1 saturated carbocycles. The van der Waals surface area contributed by atoms with E-state index in [4.69, 9.17) is 9.84 Å². The molecule has 1 heterocycles. The van der Waals surface area contributed by atoms with E-state index in [9.17, 15) is 13.2 Å². The van der Waals surface area contributed by atoms with Gasteiger partial charge in [-0.05, 0) is 31.7 Å². The van der Waals surface area contributed by atoms with Gasteiger partial charge in [-0.2, -0.15) is 4.31 Å². The number of hydrogen-bond donors (Lipinski definition) is 1. The second-order valence-corrected chi connectivity index (χ2v) is 7.94. The Morgan fingerprint density at radius 1 is 1.57 bits per heavy atom. The van der Waals surface area contributed by atoms with Crippen LogP contribution in [-0.2, 0) is 14.8 Å². The monoisotopic (exact) mass is 333 g/mol. The van der Waals surface area contributed by atoms with Crippen molar-refractivity contribution in [3.05, 3.63) is 16.3 Å². The molecular weight excluding hydrogens is 314 g/mol. The smallest absolute Gasteiger partial charge is 0.345 e. The number of rotatable bonds is 8. The van der Waals surface area contributed by atoms with Gasteiger partial charge in [0.1, 0.15) is 4.88 Å². The molecule has 1 N–H and O–H groups in total. The molecule has 8 heteroatoms. The highest BCUT2D eigenvalue weighted by molar-refractivity contribution is 7.89. The Morgan fingerprint density at radius 2 is 2.24 bits per heavy atom. The highest BCUT2D eigenvalue weighted by atomic mass is 32.2. The third-order valence-electron chi connectivity index (χ3n) is 3.67. The van der Waals surface area contributed by atoms with E-state index in [0.717, 1.165) is 24.2 Å². The minimum absolute atomic E-state index is 0.0272. The van der Waals surface area contributed by atoms with Gasteiger partial charge in [-0.15, -0.1) is 11.3 Å². The molecule has 2 rings (SSSR count). The molecule has 0 spiro atoms. The summed E-state index contributed by atoms with van der Waals surface area (Å²) < 4.78 is 31.9. The van der Waals surface area contributed by atoms with E-state index in [-0.39, 0.29) is 22.4 Å². The van der Waals surface area contributed by atoms with E-state index in [1.54, 1.807) is 0 Å². The molecule has 0 amide bonds. The minimum atomic E-state index is -3.69. The Hall–Kier alpha value is -0.960. The number of aromatic carboxylic acids is 1. The Bertz CT molecular complexity index is 606. The highest BCUT2D eigenvalue weighted by Gasteiger charge is 2.38. The maximum atomic E-state index is 12.7. The molecule has 21 heavy (non-hydrogen) atoms. The van der Waals surface area contributed by atoms with E-state index < -0.39 is 16.0 Å². The summed E-state index contributed by atoms with van der Waals surface area (Å²) in [6, 6.07) is 1.13. The summed E-state index contributed by atoms with van der Waals surface area (Å²) in [7, 11) is -2.16. The van der Waals surface area contributed by atoms with Crippen LogP contribution in [0.5, 0.6) is 0 Å². The number of carboxylic acids is 1. The zero-order valence-electron chi connectivity index (χ0n) is 12.0. The van der Waals surface area contributed by atoms with Crippen LogP contribution >= 0.6 is 11.3 Å². The predicted molar refractivity (Wildman–Crippen MR) is 79.2 cm³/mol. The summed E-state index contributed by atoms with van der Waals surface area (Å²) in [6.07, 6.45) is 2.06. The van der Waals surface area contributed by atoms with Crippen LogP contribution < -0.4 is 0 Å². The van der Waals surface area contributed by atoms with Crippen molar-refractivity contribution in [2.75, 3.05) is 20.3 Å². The lowest BCUT2D eigenvalue weighted by Crippen LogP contribution is -2.41. The molecule has 0 bridgehead atoms. The molecule has 1 aromatic heterocycles. The first-order chi connectivity index (χ1) is 9.87. The highest BCUT2D eigenvalue weighted by Crippen LogP contribution is 2.37. The number of hydrogen-bond acceptors (Lipinski definition) is 5.